The minimum Gasteiger partial charge on any atom is -0.391 e. The summed E-state index contributed by atoms with van der Waals surface area (Å²) in [5, 5.41) is 9.50. The maximum Gasteiger partial charge on any atom is 0.133 e. The number of aliphatic hydroxyl groups excluding tert-OH is 1. The molecule has 0 saturated heterocycles. The molecule has 2 aromatic rings. The lowest BCUT2D eigenvalue weighted by Crippen LogP contribution is -1.84. The summed E-state index contributed by atoms with van der Waals surface area (Å²) in [6.45, 7) is 1.79. The SMILES string of the molecule is Cc1ccc(-c2ncc(CO)s2)c(F)c1. The van der Waals surface area contributed by atoms with E-state index in [9.17, 15) is 4.39 Å². The average Bonchev–Trinajstić information content (AvgIpc) is 2.66. The van der Waals surface area contributed by atoms with Gasteiger partial charge in [-0.3, -0.25) is 0 Å². The van der Waals surface area contributed by atoms with Gasteiger partial charge in [0.05, 0.1) is 11.5 Å². The van der Waals surface area contributed by atoms with Gasteiger partial charge in [0.1, 0.15) is 10.8 Å². The van der Waals surface area contributed by atoms with Crippen LogP contribution in [0.4, 0.5) is 4.39 Å². The number of nitrogens with zero attached hydrogens (tertiary/aromatic N) is 1. The Morgan fingerprint density at radius 3 is 2.87 bits per heavy atom. The summed E-state index contributed by atoms with van der Waals surface area (Å²) in [5.74, 6) is -0.270. The van der Waals surface area contributed by atoms with Gasteiger partial charge in [-0.05, 0) is 24.6 Å². The summed E-state index contributed by atoms with van der Waals surface area (Å²) in [4.78, 5) is 4.81. The van der Waals surface area contributed by atoms with Crippen LogP contribution < -0.4 is 0 Å². The van der Waals surface area contributed by atoms with Crippen LogP contribution in [0.15, 0.2) is 24.4 Å². The van der Waals surface area contributed by atoms with Gasteiger partial charge in [0.2, 0.25) is 0 Å². The van der Waals surface area contributed by atoms with E-state index in [4.69, 9.17) is 5.11 Å². The highest BCUT2D eigenvalue weighted by molar-refractivity contribution is 7.15. The number of aliphatic hydroxyl groups is 1. The summed E-state index contributed by atoms with van der Waals surface area (Å²) >= 11 is 1.30. The van der Waals surface area contributed by atoms with E-state index in [0.29, 0.717) is 10.6 Å². The number of hydrogen-bond donors (Lipinski definition) is 1. The Labute approximate surface area is 91.0 Å². The lowest BCUT2D eigenvalue weighted by Gasteiger charge is -1.99. The van der Waals surface area contributed by atoms with Crippen molar-refractivity contribution in [2.75, 3.05) is 0 Å². The van der Waals surface area contributed by atoms with E-state index in [2.05, 4.69) is 4.98 Å². The van der Waals surface area contributed by atoms with Crippen LogP contribution in [0, 0.1) is 12.7 Å². The maximum atomic E-state index is 13.6. The quantitative estimate of drug-likeness (QED) is 0.849. The molecule has 2 rings (SSSR count). The molecule has 0 atom stereocenters. The fraction of sp³-hybridized carbons (Fsp3) is 0.182. The number of benzene rings is 1. The fourth-order valence-electron chi connectivity index (χ4n) is 1.30. The zero-order valence-corrected chi connectivity index (χ0v) is 9.01. The molecule has 0 aliphatic heterocycles. The van der Waals surface area contributed by atoms with Crippen molar-refractivity contribution in [3.63, 3.8) is 0 Å². The van der Waals surface area contributed by atoms with Crippen LogP contribution in [0.1, 0.15) is 10.4 Å². The average molecular weight is 223 g/mol. The molecule has 0 aliphatic carbocycles. The number of aryl methyl sites for hydroxylation is 1. The molecule has 0 amide bonds. The fourth-order valence-corrected chi connectivity index (χ4v) is 2.10. The van der Waals surface area contributed by atoms with Crippen molar-refractivity contribution in [3.8, 4) is 10.6 Å². The molecule has 1 aromatic heterocycles. The predicted octanol–water partition coefficient (Wildman–Crippen LogP) is 2.75. The molecule has 78 valence electrons. The molecule has 0 fully saturated rings. The van der Waals surface area contributed by atoms with E-state index in [1.54, 1.807) is 12.3 Å². The summed E-state index contributed by atoms with van der Waals surface area (Å²) in [6, 6.07) is 5.04. The zero-order chi connectivity index (χ0) is 10.8. The molecule has 2 nitrogen and oxygen atoms in total. The van der Waals surface area contributed by atoms with Crippen molar-refractivity contribution in [2.45, 2.75) is 13.5 Å². The summed E-state index contributed by atoms with van der Waals surface area (Å²) < 4.78 is 13.6. The Morgan fingerprint density at radius 2 is 2.27 bits per heavy atom. The first-order valence-electron chi connectivity index (χ1n) is 4.53. The third kappa shape index (κ3) is 2.06. The highest BCUT2D eigenvalue weighted by atomic mass is 32.1. The number of hydrogen-bond acceptors (Lipinski definition) is 3. The van der Waals surface area contributed by atoms with E-state index < -0.39 is 0 Å². The van der Waals surface area contributed by atoms with Crippen molar-refractivity contribution >= 4 is 11.3 Å². The van der Waals surface area contributed by atoms with Crippen molar-refractivity contribution in [1.29, 1.82) is 0 Å². The Hall–Kier alpha value is -1.26. The van der Waals surface area contributed by atoms with Crippen LogP contribution in [0.25, 0.3) is 10.6 Å². The lowest BCUT2D eigenvalue weighted by atomic mass is 10.1. The Bertz CT molecular complexity index is 481. The predicted molar refractivity (Wildman–Crippen MR) is 58.2 cm³/mol. The van der Waals surface area contributed by atoms with Crippen LogP contribution in [-0.2, 0) is 6.61 Å². The summed E-state index contributed by atoms with van der Waals surface area (Å²) in [6.07, 6.45) is 1.57. The van der Waals surface area contributed by atoms with E-state index in [1.807, 2.05) is 13.0 Å². The molecule has 1 N–H and O–H groups in total. The number of thiazole rings is 1. The van der Waals surface area contributed by atoms with E-state index in [0.717, 1.165) is 10.4 Å². The molecule has 4 heteroatoms. The van der Waals surface area contributed by atoms with E-state index in [1.165, 1.54) is 17.4 Å². The molecule has 0 unspecified atom stereocenters. The molecular weight excluding hydrogens is 213 g/mol. The summed E-state index contributed by atoms with van der Waals surface area (Å²) in [5.41, 5.74) is 1.38. The van der Waals surface area contributed by atoms with E-state index >= 15 is 0 Å². The molecule has 0 spiro atoms. The smallest absolute Gasteiger partial charge is 0.133 e. The Kier molecular flexibility index (Phi) is 2.79. The van der Waals surface area contributed by atoms with Gasteiger partial charge in [0, 0.05) is 11.8 Å². The third-order valence-corrected chi connectivity index (χ3v) is 3.08. The van der Waals surface area contributed by atoms with Crippen LogP contribution in [0.5, 0.6) is 0 Å². The van der Waals surface area contributed by atoms with Gasteiger partial charge in [-0.15, -0.1) is 11.3 Å². The first-order valence-corrected chi connectivity index (χ1v) is 5.34. The zero-order valence-electron chi connectivity index (χ0n) is 8.20. The molecule has 1 heterocycles. The van der Waals surface area contributed by atoms with Crippen molar-refractivity contribution in [3.05, 3.63) is 40.7 Å². The molecule has 15 heavy (non-hydrogen) atoms. The van der Waals surface area contributed by atoms with Crippen molar-refractivity contribution in [2.24, 2.45) is 0 Å². The van der Waals surface area contributed by atoms with Gasteiger partial charge in [-0.25, -0.2) is 9.37 Å². The first kappa shape index (κ1) is 10.3. The molecule has 1 aromatic carbocycles. The van der Waals surface area contributed by atoms with Crippen molar-refractivity contribution < 1.29 is 9.50 Å². The third-order valence-electron chi connectivity index (χ3n) is 2.06. The first-order chi connectivity index (χ1) is 7.20. The number of rotatable bonds is 2. The van der Waals surface area contributed by atoms with Crippen LogP contribution in [0.2, 0.25) is 0 Å². The molecule has 0 radical (unpaired) electrons. The number of halogens is 1. The Morgan fingerprint density at radius 1 is 1.47 bits per heavy atom. The standard InChI is InChI=1S/C11H10FNOS/c1-7-2-3-9(10(12)4-7)11-13-5-8(6-14)15-11/h2-5,14H,6H2,1H3. The number of aromatic nitrogens is 1. The molecule has 0 saturated carbocycles. The monoisotopic (exact) mass is 223 g/mol. The van der Waals surface area contributed by atoms with Crippen LogP contribution >= 0.6 is 11.3 Å². The van der Waals surface area contributed by atoms with Crippen LogP contribution in [0.3, 0.4) is 0 Å². The van der Waals surface area contributed by atoms with Gasteiger partial charge in [-0.2, -0.15) is 0 Å². The van der Waals surface area contributed by atoms with Gasteiger partial charge in [0.15, 0.2) is 0 Å². The van der Waals surface area contributed by atoms with Crippen LogP contribution in [-0.4, -0.2) is 10.1 Å². The van der Waals surface area contributed by atoms with Gasteiger partial charge in [-0.1, -0.05) is 6.07 Å². The second kappa shape index (κ2) is 4.08. The topological polar surface area (TPSA) is 33.1 Å². The second-order valence-corrected chi connectivity index (χ2v) is 4.39. The summed E-state index contributed by atoms with van der Waals surface area (Å²) in [7, 11) is 0. The molecule has 0 bridgehead atoms. The highest BCUT2D eigenvalue weighted by Gasteiger charge is 2.09. The maximum absolute atomic E-state index is 13.6. The molecule has 0 aliphatic rings. The van der Waals surface area contributed by atoms with Crippen molar-refractivity contribution in [1.82, 2.24) is 4.98 Å². The normalized spacial score (nSPS) is 10.6. The van der Waals surface area contributed by atoms with Gasteiger partial charge in [0.25, 0.3) is 0 Å². The highest BCUT2D eigenvalue weighted by Crippen LogP contribution is 2.27. The minimum absolute atomic E-state index is 0.0504. The van der Waals surface area contributed by atoms with Gasteiger partial charge < -0.3 is 5.11 Å². The Balaban J connectivity index is 2.44. The van der Waals surface area contributed by atoms with Gasteiger partial charge >= 0.3 is 0 Å². The molecular formula is C11H10FNOS. The largest absolute Gasteiger partial charge is 0.391 e. The lowest BCUT2D eigenvalue weighted by molar-refractivity contribution is 0.285. The van der Waals surface area contributed by atoms with E-state index in [-0.39, 0.29) is 12.4 Å². The second-order valence-electron chi connectivity index (χ2n) is 3.27. The minimum atomic E-state index is -0.270.